The van der Waals surface area contributed by atoms with E-state index < -0.39 is 0 Å². The van der Waals surface area contributed by atoms with E-state index in [1.165, 1.54) is 51.4 Å². The van der Waals surface area contributed by atoms with Crippen molar-refractivity contribution in [2.24, 2.45) is 11.8 Å². The molecule has 3 aliphatic carbocycles. The smallest absolute Gasteiger partial charge is 0.0573 e. The maximum Gasteiger partial charge on any atom is 0.0573 e. The minimum Gasteiger partial charge on any atom is -0.381 e. The van der Waals surface area contributed by atoms with Gasteiger partial charge in [0.1, 0.15) is 0 Å². The molecule has 0 atom stereocenters. The largest absolute Gasteiger partial charge is 0.381 e. The molecule has 0 N–H and O–H groups in total. The third-order valence-electron chi connectivity index (χ3n) is 7.06. The molecule has 154 valence electrons. The predicted molar refractivity (Wildman–Crippen MR) is 106 cm³/mol. The van der Waals surface area contributed by atoms with Crippen LogP contribution in [0.2, 0.25) is 0 Å². The Balaban J connectivity index is 0.000000209. The molecule has 0 aromatic carbocycles. The molecule has 0 saturated heterocycles. The number of rotatable bonds is 5. The van der Waals surface area contributed by atoms with Gasteiger partial charge in [-0.3, -0.25) is 0 Å². The van der Waals surface area contributed by atoms with Crippen molar-refractivity contribution in [3.8, 4) is 0 Å². The summed E-state index contributed by atoms with van der Waals surface area (Å²) in [6, 6.07) is 0. The van der Waals surface area contributed by atoms with Crippen molar-refractivity contribution in [2.75, 3.05) is 28.4 Å². The molecule has 0 amide bonds. The summed E-state index contributed by atoms with van der Waals surface area (Å²) in [4.78, 5) is 0. The van der Waals surface area contributed by atoms with Crippen LogP contribution in [0.1, 0.15) is 77.0 Å². The first-order chi connectivity index (χ1) is 12.7. The Bertz CT molecular complexity index is 304. The Kier molecular flexibility index (Phi) is 10.5. The lowest BCUT2D eigenvalue weighted by Crippen LogP contribution is -2.29. The summed E-state index contributed by atoms with van der Waals surface area (Å²) in [6.45, 7) is 0. The van der Waals surface area contributed by atoms with Crippen LogP contribution < -0.4 is 0 Å². The first kappa shape index (κ1) is 22.1. The minimum absolute atomic E-state index is 0.492. The quantitative estimate of drug-likeness (QED) is 0.683. The summed E-state index contributed by atoms with van der Waals surface area (Å²) in [5.41, 5.74) is 0. The van der Waals surface area contributed by atoms with Crippen LogP contribution in [0, 0.1) is 11.8 Å². The Morgan fingerprint density at radius 1 is 0.346 bits per heavy atom. The van der Waals surface area contributed by atoms with Crippen LogP contribution in [-0.2, 0) is 18.9 Å². The van der Waals surface area contributed by atoms with Gasteiger partial charge in [0.25, 0.3) is 0 Å². The van der Waals surface area contributed by atoms with Gasteiger partial charge < -0.3 is 18.9 Å². The molecule has 4 heteroatoms. The summed E-state index contributed by atoms with van der Waals surface area (Å²) < 4.78 is 21.3. The second kappa shape index (κ2) is 12.3. The van der Waals surface area contributed by atoms with Crippen molar-refractivity contribution in [3.05, 3.63) is 0 Å². The van der Waals surface area contributed by atoms with Crippen LogP contribution in [0.25, 0.3) is 0 Å². The molecule has 3 rings (SSSR count). The zero-order chi connectivity index (χ0) is 18.8. The van der Waals surface area contributed by atoms with E-state index in [9.17, 15) is 0 Å². The minimum atomic E-state index is 0.492. The van der Waals surface area contributed by atoms with E-state index in [0.29, 0.717) is 24.4 Å². The summed E-state index contributed by atoms with van der Waals surface area (Å²) in [5.74, 6) is 1.95. The molecule has 0 heterocycles. The molecule has 4 nitrogen and oxygen atoms in total. The van der Waals surface area contributed by atoms with E-state index in [2.05, 4.69) is 0 Å². The van der Waals surface area contributed by atoms with Gasteiger partial charge in [-0.2, -0.15) is 0 Å². The summed E-state index contributed by atoms with van der Waals surface area (Å²) in [7, 11) is 7.29. The highest BCUT2D eigenvalue weighted by atomic mass is 16.5. The van der Waals surface area contributed by atoms with Gasteiger partial charge in [-0.15, -0.1) is 0 Å². The van der Waals surface area contributed by atoms with Crippen molar-refractivity contribution in [2.45, 2.75) is 101 Å². The molecule has 0 unspecified atom stereocenters. The number of ether oxygens (including phenoxy) is 4. The van der Waals surface area contributed by atoms with E-state index in [-0.39, 0.29) is 0 Å². The van der Waals surface area contributed by atoms with Crippen LogP contribution in [0.3, 0.4) is 0 Å². The Hall–Kier alpha value is -0.160. The summed E-state index contributed by atoms with van der Waals surface area (Å²) >= 11 is 0. The normalized spacial score (nSPS) is 38.3. The zero-order valence-electron chi connectivity index (χ0n) is 17.6. The van der Waals surface area contributed by atoms with Gasteiger partial charge in [-0.05, 0) is 88.9 Å². The van der Waals surface area contributed by atoms with E-state index in [4.69, 9.17) is 18.9 Å². The number of hydrogen-bond acceptors (Lipinski definition) is 4. The van der Waals surface area contributed by atoms with Crippen LogP contribution in [0.4, 0.5) is 0 Å². The second-order valence-corrected chi connectivity index (χ2v) is 8.42. The van der Waals surface area contributed by atoms with Crippen LogP contribution in [0.15, 0.2) is 0 Å². The average molecular weight is 371 g/mol. The van der Waals surface area contributed by atoms with Crippen LogP contribution >= 0.6 is 0 Å². The molecule has 0 aliphatic heterocycles. The maximum absolute atomic E-state index is 5.44. The van der Waals surface area contributed by atoms with Crippen molar-refractivity contribution < 1.29 is 18.9 Å². The van der Waals surface area contributed by atoms with E-state index in [1.807, 2.05) is 14.2 Å². The lowest BCUT2D eigenvalue weighted by Gasteiger charge is -2.37. The van der Waals surface area contributed by atoms with E-state index in [0.717, 1.165) is 37.5 Å². The highest BCUT2D eigenvalue weighted by Gasteiger charge is 2.30. The lowest BCUT2D eigenvalue weighted by molar-refractivity contribution is 0.00454. The third-order valence-corrected chi connectivity index (χ3v) is 7.06. The first-order valence-corrected chi connectivity index (χ1v) is 10.8. The molecule has 0 aromatic heterocycles. The van der Waals surface area contributed by atoms with Gasteiger partial charge in [0.05, 0.1) is 24.4 Å². The summed E-state index contributed by atoms with van der Waals surface area (Å²) in [5, 5.41) is 0. The maximum atomic E-state index is 5.44. The fourth-order valence-corrected chi connectivity index (χ4v) is 5.10. The Morgan fingerprint density at radius 3 is 0.731 bits per heavy atom. The molecule has 3 aliphatic rings. The first-order valence-electron chi connectivity index (χ1n) is 10.8. The Labute approximate surface area is 161 Å². The van der Waals surface area contributed by atoms with E-state index in [1.54, 1.807) is 14.2 Å². The summed E-state index contributed by atoms with van der Waals surface area (Å²) in [6.07, 6.45) is 17.4. The molecule has 0 radical (unpaired) electrons. The zero-order valence-corrected chi connectivity index (χ0v) is 17.6. The number of methoxy groups -OCH3 is 4. The standard InChI is InChI=1S/C14H26O2.C8H16O2/c1-15-13-7-3-11(4-8-13)12-5-9-14(16-2)10-6-12;1-9-7-3-5-8(10-2)6-4-7/h11-14H,3-10H2,1-2H3;7-8H,3-6H2,1-2H3. The Morgan fingerprint density at radius 2 is 0.538 bits per heavy atom. The van der Waals surface area contributed by atoms with Gasteiger partial charge in [0.2, 0.25) is 0 Å². The highest BCUT2D eigenvalue weighted by Crippen LogP contribution is 2.39. The van der Waals surface area contributed by atoms with Crippen molar-refractivity contribution in [1.29, 1.82) is 0 Å². The number of hydrogen-bond donors (Lipinski definition) is 0. The van der Waals surface area contributed by atoms with Gasteiger partial charge in [-0.1, -0.05) is 0 Å². The molecule has 0 spiro atoms. The van der Waals surface area contributed by atoms with Gasteiger partial charge in [0.15, 0.2) is 0 Å². The monoisotopic (exact) mass is 370 g/mol. The second-order valence-electron chi connectivity index (χ2n) is 8.42. The molecule has 3 fully saturated rings. The van der Waals surface area contributed by atoms with E-state index >= 15 is 0 Å². The molecule has 0 aromatic rings. The van der Waals surface area contributed by atoms with Crippen LogP contribution in [0.5, 0.6) is 0 Å². The molecule has 26 heavy (non-hydrogen) atoms. The fraction of sp³-hybridized carbons (Fsp3) is 1.00. The fourth-order valence-electron chi connectivity index (χ4n) is 5.10. The van der Waals surface area contributed by atoms with Gasteiger partial charge >= 0.3 is 0 Å². The molecular formula is C22H42O4. The van der Waals surface area contributed by atoms with Crippen molar-refractivity contribution >= 4 is 0 Å². The molecule has 3 saturated carbocycles. The average Bonchev–Trinajstić information content (AvgIpc) is 2.74. The molecular weight excluding hydrogens is 328 g/mol. The SMILES string of the molecule is COC1CCC(C2CCC(OC)CC2)CC1.COC1CCC(OC)CC1. The molecule has 0 bridgehead atoms. The predicted octanol–water partition coefficient (Wildman–Crippen LogP) is 4.99. The van der Waals surface area contributed by atoms with Gasteiger partial charge in [0, 0.05) is 28.4 Å². The topological polar surface area (TPSA) is 36.9 Å². The van der Waals surface area contributed by atoms with Crippen molar-refractivity contribution in [3.63, 3.8) is 0 Å². The lowest BCUT2D eigenvalue weighted by atomic mass is 9.72. The van der Waals surface area contributed by atoms with Gasteiger partial charge in [-0.25, -0.2) is 0 Å². The highest BCUT2D eigenvalue weighted by molar-refractivity contribution is 4.82. The van der Waals surface area contributed by atoms with Crippen molar-refractivity contribution in [1.82, 2.24) is 0 Å². The van der Waals surface area contributed by atoms with Crippen LogP contribution in [-0.4, -0.2) is 52.9 Å². The third kappa shape index (κ3) is 7.10.